The van der Waals surface area contributed by atoms with Crippen LogP contribution in [0.1, 0.15) is 27.2 Å². The molecule has 0 aliphatic carbocycles. The fourth-order valence-corrected chi connectivity index (χ4v) is 1.60. The largest absolute Gasteiger partial charge is 0.481 e. The number of aliphatic hydroxyl groups excluding tert-OH is 1. The molecule has 132 valence electrons. The summed E-state index contributed by atoms with van der Waals surface area (Å²) in [5, 5.41) is 31.2. The highest BCUT2D eigenvalue weighted by Gasteiger charge is 2.31. The highest BCUT2D eigenvalue weighted by atomic mass is 16.4. The Kier molecular flexibility index (Phi) is 8.19. The highest BCUT2D eigenvalue weighted by molar-refractivity contribution is 5.94. The van der Waals surface area contributed by atoms with Crippen LogP contribution in [-0.4, -0.2) is 63.3 Å². The third-order valence-corrected chi connectivity index (χ3v) is 3.08. The molecule has 4 unspecified atom stereocenters. The minimum Gasteiger partial charge on any atom is -0.481 e. The van der Waals surface area contributed by atoms with E-state index in [0.29, 0.717) is 0 Å². The molecule has 0 radical (unpaired) electrons. The second kappa shape index (κ2) is 9.06. The van der Waals surface area contributed by atoms with E-state index in [0.717, 1.165) is 6.92 Å². The minimum atomic E-state index is -1.63. The van der Waals surface area contributed by atoms with Gasteiger partial charge >= 0.3 is 11.9 Å². The molecule has 0 rings (SSSR count). The van der Waals surface area contributed by atoms with E-state index in [1.807, 2.05) is 5.32 Å². The first-order chi connectivity index (χ1) is 10.5. The molecule has 10 nitrogen and oxygen atoms in total. The normalized spacial score (nSPS) is 16.1. The number of aliphatic carboxylic acids is 2. The molecule has 0 fully saturated rings. The summed E-state index contributed by atoms with van der Waals surface area (Å²) in [7, 11) is 0. The molecule has 0 spiro atoms. The number of rotatable bonds is 9. The van der Waals surface area contributed by atoms with Crippen LogP contribution in [0.2, 0.25) is 0 Å². The van der Waals surface area contributed by atoms with E-state index in [2.05, 4.69) is 5.32 Å². The van der Waals surface area contributed by atoms with Crippen molar-refractivity contribution < 1.29 is 34.5 Å². The number of carboxylic acids is 2. The molecule has 0 aromatic rings. The number of hydrogen-bond acceptors (Lipinski definition) is 6. The number of amides is 2. The summed E-state index contributed by atoms with van der Waals surface area (Å²) in [6.45, 7) is 4.49. The van der Waals surface area contributed by atoms with Crippen molar-refractivity contribution in [3.8, 4) is 0 Å². The predicted molar refractivity (Wildman–Crippen MR) is 78.2 cm³/mol. The lowest BCUT2D eigenvalue weighted by molar-refractivity contribution is -0.145. The molecular weight excluding hydrogens is 310 g/mol. The van der Waals surface area contributed by atoms with Gasteiger partial charge in [-0.3, -0.25) is 14.4 Å². The van der Waals surface area contributed by atoms with Crippen molar-refractivity contribution in [2.75, 3.05) is 0 Å². The van der Waals surface area contributed by atoms with E-state index in [1.165, 1.54) is 0 Å². The van der Waals surface area contributed by atoms with Crippen LogP contribution in [0.5, 0.6) is 0 Å². The molecule has 0 saturated carbocycles. The van der Waals surface area contributed by atoms with Crippen LogP contribution >= 0.6 is 0 Å². The molecular formula is C13H23N3O7. The van der Waals surface area contributed by atoms with E-state index in [-0.39, 0.29) is 5.92 Å². The molecule has 2 amide bonds. The first-order valence-electron chi connectivity index (χ1n) is 6.96. The molecule has 0 aromatic heterocycles. The second-order valence-corrected chi connectivity index (χ2v) is 5.49. The summed E-state index contributed by atoms with van der Waals surface area (Å²) in [6, 6.07) is -4.09. The van der Waals surface area contributed by atoms with E-state index in [4.69, 9.17) is 15.9 Å². The smallest absolute Gasteiger partial charge is 0.328 e. The number of carbonyl (C=O) groups excluding carboxylic acids is 2. The number of nitrogens with one attached hydrogen (secondary N) is 2. The van der Waals surface area contributed by atoms with Crippen LogP contribution in [0, 0.1) is 5.92 Å². The number of aliphatic hydroxyl groups is 1. The Bertz CT molecular complexity index is 464. The first kappa shape index (κ1) is 20.8. The monoisotopic (exact) mass is 333 g/mol. The van der Waals surface area contributed by atoms with Gasteiger partial charge in [-0.2, -0.15) is 0 Å². The zero-order valence-electron chi connectivity index (χ0n) is 13.1. The molecule has 0 bridgehead atoms. The van der Waals surface area contributed by atoms with Gasteiger partial charge in [-0.15, -0.1) is 0 Å². The van der Waals surface area contributed by atoms with Crippen LogP contribution < -0.4 is 16.4 Å². The maximum atomic E-state index is 12.0. The van der Waals surface area contributed by atoms with Gasteiger partial charge in [0.2, 0.25) is 11.8 Å². The van der Waals surface area contributed by atoms with Gasteiger partial charge in [0.05, 0.1) is 18.6 Å². The quantitative estimate of drug-likeness (QED) is 0.277. The van der Waals surface area contributed by atoms with Crippen molar-refractivity contribution in [3.63, 3.8) is 0 Å². The topological polar surface area (TPSA) is 179 Å². The van der Waals surface area contributed by atoms with Crippen LogP contribution in [0.25, 0.3) is 0 Å². The van der Waals surface area contributed by atoms with Crippen molar-refractivity contribution in [1.29, 1.82) is 0 Å². The van der Waals surface area contributed by atoms with Gasteiger partial charge in [0.15, 0.2) is 6.04 Å². The van der Waals surface area contributed by atoms with E-state index < -0.39 is 54.4 Å². The van der Waals surface area contributed by atoms with Gasteiger partial charge in [-0.1, -0.05) is 13.8 Å². The Morgan fingerprint density at radius 1 is 1.00 bits per heavy atom. The third-order valence-electron chi connectivity index (χ3n) is 3.08. The SMILES string of the molecule is CC(C)C(N)C(=O)NC(CC(=O)O)C(=O)NC(C(=O)O)C(C)O. The minimum absolute atomic E-state index is 0.243. The summed E-state index contributed by atoms with van der Waals surface area (Å²) in [4.78, 5) is 45.6. The number of nitrogens with two attached hydrogens (primary N) is 1. The highest BCUT2D eigenvalue weighted by Crippen LogP contribution is 2.02. The fourth-order valence-electron chi connectivity index (χ4n) is 1.60. The van der Waals surface area contributed by atoms with Crippen LogP contribution in [0.4, 0.5) is 0 Å². The Morgan fingerprint density at radius 2 is 1.52 bits per heavy atom. The van der Waals surface area contributed by atoms with Crippen LogP contribution in [0.3, 0.4) is 0 Å². The second-order valence-electron chi connectivity index (χ2n) is 5.49. The average molecular weight is 333 g/mol. The number of carboxylic acid groups (broad SMARTS) is 2. The molecule has 0 aliphatic heterocycles. The third kappa shape index (κ3) is 7.06. The zero-order valence-corrected chi connectivity index (χ0v) is 13.1. The lowest BCUT2D eigenvalue weighted by Gasteiger charge is -2.23. The Hall–Kier alpha value is -2.20. The standard InChI is InChI=1S/C13H23N3O7/c1-5(2)9(14)12(21)15-7(4-8(18)19)11(20)16-10(6(3)17)13(22)23/h5-7,9-10,17H,4,14H2,1-3H3,(H,15,21)(H,16,20)(H,18,19)(H,22,23). The molecule has 0 aliphatic rings. The van der Waals surface area contributed by atoms with Gasteiger partial charge in [0.25, 0.3) is 0 Å². The number of hydrogen-bond donors (Lipinski definition) is 6. The van der Waals surface area contributed by atoms with E-state index in [1.54, 1.807) is 13.8 Å². The van der Waals surface area contributed by atoms with Crippen molar-refractivity contribution in [2.24, 2.45) is 11.7 Å². The fraction of sp³-hybridized carbons (Fsp3) is 0.692. The Balaban J connectivity index is 5.09. The van der Waals surface area contributed by atoms with E-state index in [9.17, 15) is 24.3 Å². The molecule has 0 heterocycles. The van der Waals surface area contributed by atoms with Gasteiger partial charge < -0.3 is 31.7 Å². The Labute approximate surface area is 133 Å². The molecule has 0 saturated heterocycles. The van der Waals surface area contributed by atoms with Crippen molar-refractivity contribution >= 4 is 23.8 Å². The maximum absolute atomic E-state index is 12.0. The van der Waals surface area contributed by atoms with Gasteiger partial charge in [0, 0.05) is 0 Å². The van der Waals surface area contributed by atoms with Gasteiger partial charge in [-0.25, -0.2) is 4.79 Å². The molecule has 23 heavy (non-hydrogen) atoms. The maximum Gasteiger partial charge on any atom is 0.328 e. The number of carbonyl (C=O) groups is 4. The molecule has 10 heteroatoms. The predicted octanol–water partition coefficient (Wildman–Crippen LogP) is -2.12. The van der Waals surface area contributed by atoms with Crippen LogP contribution in [-0.2, 0) is 19.2 Å². The van der Waals surface area contributed by atoms with Gasteiger partial charge in [0.1, 0.15) is 6.04 Å². The average Bonchev–Trinajstić information content (AvgIpc) is 2.41. The summed E-state index contributed by atoms with van der Waals surface area (Å²) < 4.78 is 0. The molecule has 4 atom stereocenters. The summed E-state index contributed by atoms with van der Waals surface area (Å²) >= 11 is 0. The van der Waals surface area contributed by atoms with Crippen LogP contribution in [0.15, 0.2) is 0 Å². The summed E-state index contributed by atoms with van der Waals surface area (Å²) in [6.07, 6.45) is -2.16. The van der Waals surface area contributed by atoms with Crippen molar-refractivity contribution in [2.45, 2.75) is 51.4 Å². The lowest BCUT2D eigenvalue weighted by atomic mass is 10.0. The molecule has 7 N–H and O–H groups in total. The first-order valence-corrected chi connectivity index (χ1v) is 6.96. The van der Waals surface area contributed by atoms with E-state index >= 15 is 0 Å². The summed E-state index contributed by atoms with van der Waals surface area (Å²) in [5.41, 5.74) is 5.61. The Morgan fingerprint density at radius 3 is 1.87 bits per heavy atom. The lowest BCUT2D eigenvalue weighted by Crippen LogP contribution is -2.57. The summed E-state index contributed by atoms with van der Waals surface area (Å²) in [5.74, 6) is -4.87. The van der Waals surface area contributed by atoms with Crippen molar-refractivity contribution in [3.05, 3.63) is 0 Å². The molecule has 0 aromatic carbocycles. The van der Waals surface area contributed by atoms with Gasteiger partial charge in [-0.05, 0) is 12.8 Å². The zero-order chi connectivity index (χ0) is 18.3. The van der Waals surface area contributed by atoms with Crippen molar-refractivity contribution in [1.82, 2.24) is 10.6 Å².